The van der Waals surface area contributed by atoms with E-state index in [9.17, 15) is 29.1 Å². The molecule has 0 fully saturated rings. The first-order chi connectivity index (χ1) is 17.4. The van der Waals surface area contributed by atoms with Gasteiger partial charge in [0.2, 0.25) is 0 Å². The SMILES string of the molecule is CC(C)(CO)CCCCC1=CC(=O)C=C(/C=C\C2=CC(=O)C=C(CCCCC(C)(C)OC=O)C2=O)C1=O. The van der Waals surface area contributed by atoms with Crippen molar-refractivity contribution in [2.75, 3.05) is 6.61 Å². The second-order valence-corrected chi connectivity index (χ2v) is 11.0. The maximum Gasteiger partial charge on any atom is 0.293 e. The number of allylic oxidation sites excluding steroid dienone is 10. The Kier molecular flexibility index (Phi) is 10.9. The normalized spacial score (nSPS) is 17.0. The zero-order chi connectivity index (χ0) is 27.6. The Labute approximate surface area is 219 Å². The van der Waals surface area contributed by atoms with Crippen LogP contribution in [0.3, 0.4) is 0 Å². The molecule has 0 bridgehead atoms. The second-order valence-electron chi connectivity index (χ2n) is 11.0. The largest absolute Gasteiger partial charge is 0.462 e. The highest BCUT2D eigenvalue weighted by Gasteiger charge is 2.24. The zero-order valence-electron chi connectivity index (χ0n) is 22.3. The van der Waals surface area contributed by atoms with Gasteiger partial charge in [0.05, 0.1) is 0 Å². The molecule has 0 heterocycles. The molecule has 0 aliphatic heterocycles. The highest BCUT2D eigenvalue weighted by Crippen LogP contribution is 2.26. The van der Waals surface area contributed by atoms with Gasteiger partial charge in [-0.15, -0.1) is 0 Å². The molecular formula is C30H38O7. The number of carbonyl (C=O) groups excluding carboxylic acids is 5. The smallest absolute Gasteiger partial charge is 0.293 e. The van der Waals surface area contributed by atoms with Gasteiger partial charge in [-0.3, -0.25) is 24.0 Å². The quantitative estimate of drug-likeness (QED) is 0.194. The molecule has 200 valence electrons. The Balaban J connectivity index is 1.96. The fourth-order valence-corrected chi connectivity index (χ4v) is 4.22. The fraction of sp³-hybridized carbons (Fsp3) is 0.500. The highest BCUT2D eigenvalue weighted by molar-refractivity contribution is 6.23. The van der Waals surface area contributed by atoms with Crippen LogP contribution in [0, 0.1) is 5.41 Å². The van der Waals surface area contributed by atoms with Crippen LogP contribution in [0.5, 0.6) is 0 Å². The van der Waals surface area contributed by atoms with Crippen molar-refractivity contribution >= 4 is 29.6 Å². The van der Waals surface area contributed by atoms with E-state index in [2.05, 4.69) is 0 Å². The molecule has 37 heavy (non-hydrogen) atoms. The Bertz CT molecular complexity index is 1080. The molecule has 2 aliphatic carbocycles. The first kappa shape index (κ1) is 30.0. The molecule has 0 atom stereocenters. The van der Waals surface area contributed by atoms with E-state index in [-0.39, 0.29) is 46.3 Å². The van der Waals surface area contributed by atoms with E-state index in [1.165, 1.54) is 36.5 Å². The molecule has 0 aromatic carbocycles. The number of aliphatic hydroxyl groups is 1. The van der Waals surface area contributed by atoms with Crippen LogP contribution in [0.2, 0.25) is 0 Å². The lowest BCUT2D eigenvalue weighted by Gasteiger charge is -2.22. The van der Waals surface area contributed by atoms with Crippen molar-refractivity contribution < 1.29 is 33.8 Å². The number of hydrogen-bond donors (Lipinski definition) is 1. The maximum absolute atomic E-state index is 12.9. The van der Waals surface area contributed by atoms with Crippen LogP contribution in [0.15, 0.2) is 58.7 Å². The van der Waals surface area contributed by atoms with Crippen molar-refractivity contribution in [2.45, 2.75) is 84.7 Å². The van der Waals surface area contributed by atoms with Crippen molar-refractivity contribution in [1.82, 2.24) is 0 Å². The third-order valence-electron chi connectivity index (χ3n) is 6.60. The summed E-state index contributed by atoms with van der Waals surface area (Å²) in [5, 5.41) is 9.38. The molecule has 7 heteroatoms. The van der Waals surface area contributed by atoms with Crippen LogP contribution in [-0.4, -0.2) is 46.9 Å². The summed E-state index contributed by atoms with van der Waals surface area (Å²) < 4.78 is 5.03. The van der Waals surface area contributed by atoms with Gasteiger partial charge in [-0.2, -0.15) is 0 Å². The van der Waals surface area contributed by atoms with Crippen molar-refractivity contribution in [3.63, 3.8) is 0 Å². The van der Waals surface area contributed by atoms with Gasteiger partial charge in [-0.05, 0) is 88.5 Å². The molecule has 2 rings (SSSR count). The summed E-state index contributed by atoms with van der Waals surface area (Å²) in [6.45, 7) is 8.09. The van der Waals surface area contributed by atoms with Crippen molar-refractivity contribution in [1.29, 1.82) is 0 Å². The minimum Gasteiger partial charge on any atom is -0.462 e. The molecule has 2 aliphatic rings. The van der Waals surface area contributed by atoms with Crippen LogP contribution < -0.4 is 0 Å². The number of carbonyl (C=O) groups is 5. The molecule has 0 saturated heterocycles. The van der Waals surface area contributed by atoms with Gasteiger partial charge in [0.1, 0.15) is 5.60 Å². The lowest BCUT2D eigenvalue weighted by Crippen LogP contribution is -2.23. The molecule has 1 N–H and O–H groups in total. The van der Waals surface area contributed by atoms with Gasteiger partial charge in [0.15, 0.2) is 23.1 Å². The van der Waals surface area contributed by atoms with E-state index >= 15 is 0 Å². The number of Topliss-reactive ketones (excluding diaryl/α,β-unsaturated/α-hetero) is 2. The summed E-state index contributed by atoms with van der Waals surface area (Å²) in [6, 6.07) is 0. The van der Waals surface area contributed by atoms with Gasteiger partial charge in [-0.1, -0.05) is 32.4 Å². The van der Waals surface area contributed by atoms with E-state index in [0.29, 0.717) is 49.7 Å². The lowest BCUT2D eigenvalue weighted by molar-refractivity contribution is -0.141. The van der Waals surface area contributed by atoms with E-state index in [4.69, 9.17) is 4.74 Å². The number of ether oxygens (including phenoxy) is 1. The topological polar surface area (TPSA) is 115 Å². The zero-order valence-corrected chi connectivity index (χ0v) is 22.3. The third-order valence-corrected chi connectivity index (χ3v) is 6.60. The fourth-order valence-electron chi connectivity index (χ4n) is 4.22. The molecule has 0 unspecified atom stereocenters. The predicted octanol–water partition coefficient (Wildman–Crippen LogP) is 4.64. The number of unbranched alkanes of at least 4 members (excludes halogenated alkanes) is 2. The van der Waals surface area contributed by atoms with E-state index < -0.39 is 5.60 Å². The Hall–Kier alpha value is -3.19. The molecule has 0 radical (unpaired) electrons. The molecule has 7 nitrogen and oxygen atoms in total. The predicted molar refractivity (Wildman–Crippen MR) is 141 cm³/mol. The van der Waals surface area contributed by atoms with Gasteiger partial charge in [0, 0.05) is 28.9 Å². The van der Waals surface area contributed by atoms with Gasteiger partial charge >= 0.3 is 0 Å². The Morgan fingerprint density at radius 1 is 0.730 bits per heavy atom. The van der Waals surface area contributed by atoms with Crippen molar-refractivity contribution in [2.24, 2.45) is 5.41 Å². The monoisotopic (exact) mass is 510 g/mol. The van der Waals surface area contributed by atoms with Gasteiger partial charge in [-0.25, -0.2) is 0 Å². The van der Waals surface area contributed by atoms with Crippen LogP contribution in [0.25, 0.3) is 0 Å². The van der Waals surface area contributed by atoms with Crippen molar-refractivity contribution in [3.05, 3.63) is 58.7 Å². The van der Waals surface area contributed by atoms with Crippen LogP contribution in [0.4, 0.5) is 0 Å². The average Bonchev–Trinajstić information content (AvgIpc) is 2.82. The average molecular weight is 511 g/mol. The van der Waals surface area contributed by atoms with Gasteiger partial charge < -0.3 is 9.84 Å². The molecular weight excluding hydrogens is 472 g/mol. The Morgan fingerprint density at radius 3 is 1.62 bits per heavy atom. The van der Waals surface area contributed by atoms with E-state index in [1.54, 1.807) is 0 Å². The molecule has 0 aromatic heterocycles. The summed E-state index contributed by atoms with van der Waals surface area (Å²) in [4.78, 5) is 60.8. The van der Waals surface area contributed by atoms with Crippen molar-refractivity contribution in [3.8, 4) is 0 Å². The lowest BCUT2D eigenvalue weighted by atomic mass is 9.86. The van der Waals surface area contributed by atoms with E-state index in [1.807, 2.05) is 27.7 Å². The summed E-state index contributed by atoms with van der Waals surface area (Å²) in [5.74, 6) is -1.13. The maximum atomic E-state index is 12.9. The van der Waals surface area contributed by atoms with E-state index in [0.717, 1.165) is 19.3 Å². The Morgan fingerprint density at radius 2 is 1.19 bits per heavy atom. The minimum absolute atomic E-state index is 0.0906. The minimum atomic E-state index is -0.586. The van der Waals surface area contributed by atoms with Gasteiger partial charge in [0.25, 0.3) is 6.47 Å². The van der Waals surface area contributed by atoms with Crippen LogP contribution in [0.1, 0.15) is 79.1 Å². The molecule has 0 saturated carbocycles. The number of aliphatic hydroxyl groups excluding tert-OH is 1. The molecule has 0 amide bonds. The standard InChI is InChI=1S/C30H38O7/c1-29(2,19-31)13-7-5-9-21-15-25(33)17-23(27(21)35)11-12-24-18-26(34)16-22(28(24)36)10-6-8-14-30(3,4)37-20-32/h11-12,15-18,20,31H,5-10,13-14,19H2,1-4H3/b12-11-. The number of ketones is 4. The molecule has 0 aromatic rings. The van der Waals surface area contributed by atoms with Crippen LogP contribution >= 0.6 is 0 Å². The summed E-state index contributed by atoms with van der Waals surface area (Å²) in [7, 11) is 0. The summed E-state index contributed by atoms with van der Waals surface area (Å²) in [5.41, 5.74) is 0.422. The summed E-state index contributed by atoms with van der Waals surface area (Å²) >= 11 is 0. The third kappa shape index (κ3) is 9.65. The second kappa shape index (κ2) is 13.4. The first-order valence-electron chi connectivity index (χ1n) is 12.8. The summed E-state index contributed by atoms with van der Waals surface area (Å²) in [6.07, 6.45) is 13.2. The highest BCUT2D eigenvalue weighted by atomic mass is 16.5. The molecule has 0 spiro atoms. The number of rotatable bonds is 15. The number of hydrogen-bond acceptors (Lipinski definition) is 7. The first-order valence-corrected chi connectivity index (χ1v) is 12.8. The van der Waals surface area contributed by atoms with Crippen LogP contribution in [-0.2, 0) is 28.7 Å².